The molecule has 4 aromatic rings. The highest BCUT2D eigenvalue weighted by molar-refractivity contribution is 5.91. The number of benzene rings is 2. The van der Waals surface area contributed by atoms with E-state index < -0.39 is 29.0 Å². The summed E-state index contributed by atoms with van der Waals surface area (Å²) in [5.74, 6) is -1.34. The molecule has 0 bridgehead atoms. The SMILES string of the molecule is CCNC(=O)C(O)C(Cc1ccccc1)[NH+]([O-])C(=O)c1cccnc1-n1cc2ccccc2n1. The van der Waals surface area contributed by atoms with Crippen LogP contribution in [-0.4, -0.2) is 50.4 Å². The molecule has 3 atom stereocenters. The summed E-state index contributed by atoms with van der Waals surface area (Å²) in [5.41, 5.74) is 1.48. The van der Waals surface area contributed by atoms with Crippen LogP contribution in [0.15, 0.2) is 79.1 Å². The number of hydrogen-bond donors (Lipinski definition) is 3. The van der Waals surface area contributed by atoms with Gasteiger partial charge in [0.25, 0.3) is 5.91 Å². The molecule has 0 aliphatic rings. The van der Waals surface area contributed by atoms with Crippen LogP contribution in [0.1, 0.15) is 22.8 Å². The average molecular weight is 460 g/mol. The van der Waals surface area contributed by atoms with E-state index in [0.29, 0.717) is 5.52 Å². The molecule has 174 valence electrons. The first-order valence-corrected chi connectivity index (χ1v) is 11.0. The minimum atomic E-state index is -1.68. The van der Waals surface area contributed by atoms with Crippen molar-refractivity contribution in [3.63, 3.8) is 0 Å². The topological polar surface area (TPSA) is 125 Å². The Morgan fingerprint density at radius 2 is 1.82 bits per heavy atom. The summed E-state index contributed by atoms with van der Waals surface area (Å²) in [4.78, 5) is 30.1. The number of aromatic nitrogens is 3. The molecule has 0 saturated heterocycles. The Morgan fingerprint density at radius 3 is 2.56 bits per heavy atom. The first-order valence-electron chi connectivity index (χ1n) is 11.0. The molecule has 2 aromatic heterocycles. The molecule has 2 amide bonds. The molecule has 4 rings (SSSR count). The van der Waals surface area contributed by atoms with Gasteiger partial charge in [0.2, 0.25) is 0 Å². The molecule has 3 N–H and O–H groups in total. The van der Waals surface area contributed by atoms with Crippen molar-refractivity contribution in [3.05, 3.63) is 95.5 Å². The van der Waals surface area contributed by atoms with E-state index in [9.17, 15) is 19.9 Å². The van der Waals surface area contributed by atoms with E-state index >= 15 is 0 Å². The molecule has 0 radical (unpaired) electrons. The highest BCUT2D eigenvalue weighted by Crippen LogP contribution is 2.17. The molecule has 3 unspecified atom stereocenters. The summed E-state index contributed by atoms with van der Waals surface area (Å²) in [7, 11) is 0. The molecule has 34 heavy (non-hydrogen) atoms. The van der Waals surface area contributed by atoms with Gasteiger partial charge in [0.1, 0.15) is 11.6 Å². The molecule has 0 aliphatic heterocycles. The fourth-order valence-electron chi connectivity index (χ4n) is 3.81. The van der Waals surface area contributed by atoms with Gasteiger partial charge in [-0.25, -0.2) is 14.5 Å². The fraction of sp³-hybridized carbons (Fsp3) is 0.200. The largest absolute Gasteiger partial charge is 0.626 e. The number of nitrogens with zero attached hydrogens (tertiary/aromatic N) is 3. The first kappa shape index (κ1) is 23.2. The molecule has 0 saturated carbocycles. The van der Waals surface area contributed by atoms with Crippen molar-refractivity contribution in [1.29, 1.82) is 0 Å². The Kier molecular flexibility index (Phi) is 7.07. The number of carbonyl (C=O) groups excluding carboxylic acids is 2. The highest BCUT2D eigenvalue weighted by atomic mass is 16.5. The Hall–Kier alpha value is -3.92. The first-order chi connectivity index (χ1) is 16.5. The van der Waals surface area contributed by atoms with Gasteiger partial charge in [0, 0.05) is 30.7 Å². The number of amides is 2. The van der Waals surface area contributed by atoms with Gasteiger partial charge in [0.15, 0.2) is 11.9 Å². The summed E-state index contributed by atoms with van der Waals surface area (Å²) < 4.78 is 1.46. The maximum atomic E-state index is 13.4. The van der Waals surface area contributed by atoms with E-state index in [1.807, 2.05) is 30.3 Å². The summed E-state index contributed by atoms with van der Waals surface area (Å²) >= 11 is 0. The number of hydrogen-bond acceptors (Lipinski definition) is 6. The lowest BCUT2D eigenvalue weighted by atomic mass is 9.99. The van der Waals surface area contributed by atoms with E-state index in [2.05, 4.69) is 15.4 Å². The van der Waals surface area contributed by atoms with Crippen LogP contribution in [0.5, 0.6) is 0 Å². The van der Waals surface area contributed by atoms with Gasteiger partial charge >= 0.3 is 5.91 Å². The van der Waals surface area contributed by atoms with Crippen molar-refractivity contribution in [2.24, 2.45) is 0 Å². The van der Waals surface area contributed by atoms with Gasteiger partial charge in [-0.3, -0.25) is 9.86 Å². The smallest absolute Gasteiger partial charge is 0.348 e. The Bertz CT molecular complexity index is 1260. The zero-order valence-electron chi connectivity index (χ0n) is 18.6. The number of aliphatic hydroxyl groups excluding tert-OH is 1. The van der Waals surface area contributed by atoms with Crippen molar-refractivity contribution in [2.75, 3.05) is 6.54 Å². The monoisotopic (exact) mass is 459 g/mol. The minimum absolute atomic E-state index is 0.0327. The lowest BCUT2D eigenvalue weighted by Crippen LogP contribution is -3.16. The highest BCUT2D eigenvalue weighted by Gasteiger charge is 2.36. The van der Waals surface area contributed by atoms with Crippen molar-refractivity contribution in [2.45, 2.75) is 25.5 Å². The molecule has 0 fully saturated rings. The summed E-state index contributed by atoms with van der Waals surface area (Å²) in [6.45, 7) is 2.00. The van der Waals surface area contributed by atoms with Crippen LogP contribution >= 0.6 is 0 Å². The number of carbonyl (C=O) groups is 2. The number of aliphatic hydroxyl groups is 1. The lowest BCUT2D eigenvalue weighted by molar-refractivity contribution is -0.792. The van der Waals surface area contributed by atoms with E-state index in [0.717, 1.165) is 10.9 Å². The summed E-state index contributed by atoms with van der Waals surface area (Å²) in [6.07, 6.45) is 1.59. The van der Waals surface area contributed by atoms with E-state index in [1.54, 1.807) is 43.5 Å². The normalized spacial score (nSPS) is 13.9. The van der Waals surface area contributed by atoms with Crippen LogP contribution in [0, 0.1) is 5.21 Å². The lowest BCUT2D eigenvalue weighted by Gasteiger charge is -2.32. The second-order valence-electron chi connectivity index (χ2n) is 7.84. The van der Waals surface area contributed by atoms with Crippen LogP contribution in [0.25, 0.3) is 16.7 Å². The standard InChI is InChI=1S/C25H25N5O4/c1-2-26-24(32)22(31)21(15-17-9-4-3-5-10-17)30(34)25(33)19-12-8-14-27-23(19)29-16-18-11-6-7-13-20(18)28-29/h3-14,16,21-22,30-31H,2,15H2,1H3,(H,26,32). The molecule has 0 spiro atoms. The van der Waals surface area contributed by atoms with E-state index in [4.69, 9.17) is 0 Å². The predicted octanol–water partition coefficient (Wildman–Crippen LogP) is 1.05. The van der Waals surface area contributed by atoms with Gasteiger partial charge in [-0.2, -0.15) is 5.10 Å². The van der Waals surface area contributed by atoms with E-state index in [1.165, 1.54) is 16.9 Å². The van der Waals surface area contributed by atoms with Crippen molar-refractivity contribution in [3.8, 4) is 5.82 Å². The maximum Gasteiger partial charge on any atom is 0.348 e. The van der Waals surface area contributed by atoms with Gasteiger partial charge < -0.3 is 15.6 Å². The number of quaternary nitrogens is 1. The molecule has 0 aliphatic carbocycles. The van der Waals surface area contributed by atoms with Crippen LogP contribution in [0.3, 0.4) is 0 Å². The molecular formula is C25H25N5O4. The summed E-state index contributed by atoms with van der Waals surface area (Å²) in [6, 6.07) is 18.2. The zero-order valence-corrected chi connectivity index (χ0v) is 18.6. The fourth-order valence-corrected chi connectivity index (χ4v) is 3.81. The van der Waals surface area contributed by atoms with Crippen molar-refractivity contribution >= 4 is 22.7 Å². The van der Waals surface area contributed by atoms with Gasteiger partial charge in [-0.15, -0.1) is 0 Å². The zero-order chi connectivity index (χ0) is 24.1. The molecular weight excluding hydrogens is 434 g/mol. The third-order valence-corrected chi connectivity index (χ3v) is 5.52. The second-order valence-corrected chi connectivity index (χ2v) is 7.84. The minimum Gasteiger partial charge on any atom is -0.626 e. The maximum absolute atomic E-state index is 13.4. The number of fused-ring (bicyclic) bond motifs is 1. The van der Waals surface area contributed by atoms with Gasteiger partial charge in [0.05, 0.1) is 5.52 Å². The number of likely N-dealkylation sites (N-methyl/N-ethyl adjacent to an activating group) is 1. The quantitative estimate of drug-likeness (QED) is 0.338. The Balaban J connectivity index is 1.69. The number of hydroxylamine groups is 2. The predicted molar refractivity (Wildman–Crippen MR) is 126 cm³/mol. The molecule has 9 heteroatoms. The summed E-state index contributed by atoms with van der Waals surface area (Å²) in [5, 5.41) is 31.1. The Labute approximate surface area is 196 Å². The van der Waals surface area contributed by atoms with Crippen LogP contribution in [-0.2, 0) is 11.2 Å². The molecule has 2 aromatic carbocycles. The number of rotatable bonds is 8. The van der Waals surface area contributed by atoms with Gasteiger partial charge in [-0.1, -0.05) is 48.5 Å². The van der Waals surface area contributed by atoms with Gasteiger partial charge in [-0.05, 0) is 30.7 Å². The third-order valence-electron chi connectivity index (χ3n) is 5.52. The van der Waals surface area contributed by atoms with Crippen molar-refractivity contribution in [1.82, 2.24) is 20.1 Å². The third kappa shape index (κ3) is 4.86. The Morgan fingerprint density at radius 1 is 1.09 bits per heavy atom. The molecule has 9 nitrogen and oxygen atoms in total. The van der Waals surface area contributed by atoms with E-state index in [-0.39, 0.29) is 24.3 Å². The molecule has 2 heterocycles. The van der Waals surface area contributed by atoms with Crippen LogP contribution < -0.4 is 10.4 Å². The van der Waals surface area contributed by atoms with Crippen LogP contribution in [0.4, 0.5) is 0 Å². The number of pyridine rings is 1. The van der Waals surface area contributed by atoms with Crippen LogP contribution in [0.2, 0.25) is 0 Å². The average Bonchev–Trinajstić information content (AvgIpc) is 3.31. The van der Waals surface area contributed by atoms with Crippen molar-refractivity contribution < 1.29 is 19.8 Å². The number of nitrogens with one attached hydrogen (secondary N) is 2. The second kappa shape index (κ2) is 10.3.